The van der Waals surface area contributed by atoms with Crippen LogP contribution < -0.4 is 10.2 Å². The Balaban J connectivity index is 1.72. The molecule has 1 fully saturated rings. The van der Waals surface area contributed by atoms with E-state index < -0.39 is 0 Å². The molecule has 1 aromatic rings. The highest BCUT2D eigenvalue weighted by atomic mass is 16.5. The van der Waals surface area contributed by atoms with Crippen LogP contribution in [-0.2, 0) is 0 Å². The van der Waals surface area contributed by atoms with E-state index in [-0.39, 0.29) is 11.3 Å². The van der Waals surface area contributed by atoms with Gasteiger partial charge in [-0.05, 0) is 32.8 Å². The van der Waals surface area contributed by atoms with Crippen molar-refractivity contribution in [2.45, 2.75) is 45.6 Å². The minimum absolute atomic E-state index is 0.138. The molecule has 2 aliphatic rings. The Morgan fingerprint density at radius 3 is 2.96 bits per heavy atom. The van der Waals surface area contributed by atoms with Gasteiger partial charge in [-0.2, -0.15) is 0 Å². The SMILES string of the molecule is CC(C)N1NCC=C1C1CCCCC1COc1cncc(O)c1C=O. The molecule has 0 aromatic carbocycles. The molecule has 0 amide bonds. The first-order valence-electron chi connectivity index (χ1n) is 9.09. The van der Waals surface area contributed by atoms with Crippen molar-refractivity contribution in [3.8, 4) is 11.5 Å². The Bertz CT molecular complexity index is 645. The highest BCUT2D eigenvalue weighted by Gasteiger charge is 2.33. The minimum atomic E-state index is -0.138. The quantitative estimate of drug-likeness (QED) is 0.772. The smallest absolute Gasteiger partial charge is 0.157 e. The third kappa shape index (κ3) is 3.79. The molecular weight excluding hydrogens is 318 g/mol. The third-order valence-corrected chi connectivity index (χ3v) is 5.16. The van der Waals surface area contributed by atoms with Crippen LogP contribution in [0.25, 0.3) is 0 Å². The normalized spacial score (nSPS) is 23.6. The van der Waals surface area contributed by atoms with Crippen LogP contribution >= 0.6 is 0 Å². The summed E-state index contributed by atoms with van der Waals surface area (Å²) in [5, 5.41) is 12.0. The lowest BCUT2D eigenvalue weighted by Crippen LogP contribution is -2.42. The predicted molar refractivity (Wildman–Crippen MR) is 95.3 cm³/mol. The van der Waals surface area contributed by atoms with Crippen molar-refractivity contribution in [1.29, 1.82) is 0 Å². The summed E-state index contributed by atoms with van der Waals surface area (Å²) in [6.07, 6.45) is 10.4. The molecule has 2 atom stereocenters. The zero-order valence-corrected chi connectivity index (χ0v) is 14.9. The lowest BCUT2D eigenvalue weighted by Gasteiger charge is -2.38. The van der Waals surface area contributed by atoms with Crippen molar-refractivity contribution in [3.05, 3.63) is 29.7 Å². The Morgan fingerprint density at radius 2 is 2.20 bits per heavy atom. The van der Waals surface area contributed by atoms with Gasteiger partial charge >= 0.3 is 0 Å². The molecule has 3 rings (SSSR count). The summed E-state index contributed by atoms with van der Waals surface area (Å²) >= 11 is 0. The van der Waals surface area contributed by atoms with Crippen molar-refractivity contribution in [1.82, 2.24) is 15.4 Å². The number of ether oxygens (including phenoxy) is 1. The second-order valence-corrected chi connectivity index (χ2v) is 7.11. The number of aromatic hydroxyl groups is 1. The van der Waals surface area contributed by atoms with Crippen molar-refractivity contribution in [3.63, 3.8) is 0 Å². The first kappa shape index (κ1) is 17.7. The summed E-state index contributed by atoms with van der Waals surface area (Å²) in [4.78, 5) is 15.1. The van der Waals surface area contributed by atoms with Gasteiger partial charge in [0.15, 0.2) is 12.0 Å². The van der Waals surface area contributed by atoms with E-state index in [0.717, 1.165) is 19.4 Å². The number of nitrogens with one attached hydrogen (secondary N) is 1. The molecule has 2 heterocycles. The fourth-order valence-electron chi connectivity index (χ4n) is 3.92. The number of aromatic nitrogens is 1. The van der Waals surface area contributed by atoms with E-state index in [9.17, 15) is 9.90 Å². The molecule has 1 aliphatic heterocycles. The largest absolute Gasteiger partial charge is 0.505 e. The molecule has 2 unspecified atom stereocenters. The monoisotopic (exact) mass is 345 g/mol. The number of nitrogens with zero attached hydrogens (tertiary/aromatic N) is 2. The number of hydrazine groups is 1. The van der Waals surface area contributed by atoms with E-state index in [1.54, 1.807) is 0 Å². The summed E-state index contributed by atoms with van der Waals surface area (Å²) in [7, 11) is 0. The van der Waals surface area contributed by atoms with Crippen molar-refractivity contribution < 1.29 is 14.6 Å². The average molecular weight is 345 g/mol. The molecule has 6 nitrogen and oxygen atoms in total. The Hall–Kier alpha value is -2.08. The fourth-order valence-corrected chi connectivity index (χ4v) is 3.92. The number of pyridine rings is 1. The summed E-state index contributed by atoms with van der Waals surface area (Å²) in [5.41, 5.74) is 4.98. The molecular formula is C19H27N3O3. The van der Waals surface area contributed by atoms with Crippen LogP contribution in [0.15, 0.2) is 24.2 Å². The Morgan fingerprint density at radius 1 is 1.40 bits per heavy atom. The first-order chi connectivity index (χ1) is 12.1. The predicted octanol–water partition coefficient (Wildman–Crippen LogP) is 2.90. The molecule has 0 spiro atoms. The number of hydrogen-bond donors (Lipinski definition) is 2. The van der Waals surface area contributed by atoms with E-state index >= 15 is 0 Å². The van der Waals surface area contributed by atoms with Gasteiger partial charge in [0.2, 0.25) is 0 Å². The molecule has 0 radical (unpaired) electrons. The van der Waals surface area contributed by atoms with Gasteiger partial charge in [0.05, 0.1) is 19.0 Å². The van der Waals surface area contributed by atoms with E-state index in [2.05, 4.69) is 35.3 Å². The van der Waals surface area contributed by atoms with Crippen LogP contribution in [0, 0.1) is 11.8 Å². The highest BCUT2D eigenvalue weighted by molar-refractivity contribution is 5.82. The topological polar surface area (TPSA) is 74.7 Å². The van der Waals surface area contributed by atoms with Gasteiger partial charge in [-0.15, -0.1) is 0 Å². The van der Waals surface area contributed by atoms with Gasteiger partial charge in [-0.1, -0.05) is 12.8 Å². The Kier molecular flexibility index (Phi) is 5.58. The molecule has 1 aromatic heterocycles. The van der Waals surface area contributed by atoms with E-state index in [1.807, 2.05) is 0 Å². The zero-order valence-electron chi connectivity index (χ0n) is 14.9. The summed E-state index contributed by atoms with van der Waals surface area (Å²) in [6, 6.07) is 0.411. The second-order valence-electron chi connectivity index (χ2n) is 7.11. The molecule has 2 N–H and O–H groups in total. The standard InChI is InChI=1S/C19H27N3O3/c1-13(2)22-17(7-8-21-22)15-6-4-3-5-14(15)12-25-19-10-20-9-18(24)16(19)11-23/h7,9-11,13-15,21,24H,3-6,8,12H2,1-2H3. The average Bonchev–Trinajstić information content (AvgIpc) is 3.10. The number of carbonyl (C=O) groups is 1. The third-order valence-electron chi connectivity index (χ3n) is 5.16. The second kappa shape index (κ2) is 7.87. The van der Waals surface area contributed by atoms with Gasteiger partial charge in [0.25, 0.3) is 0 Å². The van der Waals surface area contributed by atoms with Crippen LogP contribution in [0.3, 0.4) is 0 Å². The van der Waals surface area contributed by atoms with Crippen LogP contribution in [0.4, 0.5) is 0 Å². The van der Waals surface area contributed by atoms with Crippen LogP contribution in [0.1, 0.15) is 49.9 Å². The first-order valence-corrected chi connectivity index (χ1v) is 9.09. The minimum Gasteiger partial charge on any atom is -0.505 e. The van der Waals surface area contributed by atoms with E-state index in [0.29, 0.717) is 36.5 Å². The molecule has 1 saturated carbocycles. The lowest BCUT2D eigenvalue weighted by molar-refractivity contribution is 0.110. The van der Waals surface area contributed by atoms with Gasteiger partial charge < -0.3 is 14.9 Å². The van der Waals surface area contributed by atoms with Crippen LogP contribution in [0.5, 0.6) is 11.5 Å². The maximum Gasteiger partial charge on any atom is 0.157 e. The number of aldehydes is 1. The number of hydrogen-bond acceptors (Lipinski definition) is 6. The van der Waals surface area contributed by atoms with Crippen molar-refractivity contribution in [2.24, 2.45) is 11.8 Å². The van der Waals surface area contributed by atoms with Gasteiger partial charge in [-0.3, -0.25) is 9.78 Å². The summed E-state index contributed by atoms with van der Waals surface area (Å²) in [5.74, 6) is 1.07. The fraction of sp³-hybridized carbons (Fsp3) is 0.579. The van der Waals surface area contributed by atoms with Gasteiger partial charge in [-0.25, -0.2) is 5.43 Å². The number of allylic oxidation sites excluding steroid dienone is 1. The highest BCUT2D eigenvalue weighted by Crippen LogP contribution is 2.38. The molecule has 1 aliphatic carbocycles. The van der Waals surface area contributed by atoms with E-state index in [1.165, 1.54) is 30.9 Å². The molecule has 0 saturated heterocycles. The number of rotatable bonds is 6. The zero-order chi connectivity index (χ0) is 17.8. The molecule has 136 valence electrons. The molecule has 6 heteroatoms. The van der Waals surface area contributed by atoms with E-state index in [4.69, 9.17) is 4.74 Å². The van der Waals surface area contributed by atoms with Crippen LogP contribution in [0.2, 0.25) is 0 Å². The van der Waals surface area contributed by atoms with Crippen LogP contribution in [-0.4, -0.2) is 40.6 Å². The van der Waals surface area contributed by atoms with Gasteiger partial charge in [0, 0.05) is 30.1 Å². The maximum atomic E-state index is 11.2. The molecule has 25 heavy (non-hydrogen) atoms. The molecule has 0 bridgehead atoms. The maximum absolute atomic E-state index is 11.2. The lowest BCUT2D eigenvalue weighted by atomic mass is 9.77. The number of carbonyl (C=O) groups excluding carboxylic acids is 1. The van der Waals surface area contributed by atoms with Crippen molar-refractivity contribution >= 4 is 6.29 Å². The van der Waals surface area contributed by atoms with Gasteiger partial charge in [0.1, 0.15) is 11.3 Å². The van der Waals surface area contributed by atoms with Crippen molar-refractivity contribution in [2.75, 3.05) is 13.2 Å². The Labute approximate surface area is 148 Å². The summed E-state index contributed by atoms with van der Waals surface area (Å²) < 4.78 is 5.91. The summed E-state index contributed by atoms with van der Waals surface area (Å²) in [6.45, 7) is 5.79.